The lowest BCUT2D eigenvalue weighted by Gasteiger charge is -2.29. The van der Waals surface area contributed by atoms with Crippen molar-refractivity contribution in [1.29, 1.82) is 0 Å². The zero-order valence-corrected chi connectivity index (χ0v) is 15.0. The molecule has 9 heteroatoms. The summed E-state index contributed by atoms with van der Waals surface area (Å²) in [4.78, 5) is 18.5. The van der Waals surface area contributed by atoms with Crippen LogP contribution in [0.1, 0.15) is 11.1 Å². The Morgan fingerprint density at radius 3 is 2.75 bits per heavy atom. The molecule has 6 nitrogen and oxygen atoms in total. The molecule has 28 heavy (non-hydrogen) atoms. The van der Waals surface area contributed by atoms with Crippen LogP contribution in [0, 0.1) is 0 Å². The molecule has 1 aliphatic rings. The van der Waals surface area contributed by atoms with Gasteiger partial charge in [0.05, 0.1) is 18.8 Å². The van der Waals surface area contributed by atoms with Crippen molar-refractivity contribution in [3.63, 3.8) is 0 Å². The number of hydrogen-bond donors (Lipinski definition) is 1. The highest BCUT2D eigenvalue weighted by Crippen LogP contribution is 2.31. The normalized spacial score (nSPS) is 14.6. The number of nitrogens with one attached hydrogen (secondary N) is 1. The van der Waals surface area contributed by atoms with Gasteiger partial charge in [-0.15, -0.1) is 0 Å². The van der Waals surface area contributed by atoms with Gasteiger partial charge in [0.1, 0.15) is 11.6 Å². The van der Waals surface area contributed by atoms with Gasteiger partial charge >= 0.3 is 6.18 Å². The number of pyridine rings is 1. The number of anilines is 1. The molecular formula is C19H20F3N3O3. The van der Waals surface area contributed by atoms with Gasteiger partial charge < -0.3 is 19.7 Å². The molecule has 0 radical (unpaired) electrons. The second kappa shape index (κ2) is 8.92. The number of aromatic nitrogens is 1. The first-order chi connectivity index (χ1) is 13.4. The molecule has 1 fully saturated rings. The summed E-state index contributed by atoms with van der Waals surface area (Å²) in [6, 6.07) is 8.07. The lowest BCUT2D eigenvalue weighted by molar-refractivity contribution is -0.137. The summed E-state index contributed by atoms with van der Waals surface area (Å²) in [5.41, 5.74) is 0.0211. The molecule has 0 saturated carbocycles. The molecule has 0 unspecified atom stereocenters. The number of morpholine rings is 1. The summed E-state index contributed by atoms with van der Waals surface area (Å²) in [5, 5.41) is 2.71. The van der Waals surface area contributed by atoms with Crippen LogP contribution in [-0.4, -0.2) is 43.8 Å². The van der Waals surface area contributed by atoms with Gasteiger partial charge in [-0.2, -0.15) is 13.2 Å². The smallest absolute Gasteiger partial charge is 0.416 e. The van der Waals surface area contributed by atoms with E-state index in [1.54, 1.807) is 12.3 Å². The van der Waals surface area contributed by atoms with Crippen molar-refractivity contribution in [2.24, 2.45) is 0 Å². The first-order valence-electron chi connectivity index (χ1n) is 8.77. The van der Waals surface area contributed by atoms with Crippen LogP contribution in [0.25, 0.3) is 0 Å². The number of rotatable bonds is 6. The molecule has 0 atom stereocenters. The number of benzene rings is 1. The van der Waals surface area contributed by atoms with Crippen molar-refractivity contribution in [2.75, 3.05) is 37.8 Å². The molecule has 150 valence electrons. The maximum absolute atomic E-state index is 12.7. The molecular weight excluding hydrogens is 375 g/mol. The van der Waals surface area contributed by atoms with E-state index in [1.807, 2.05) is 6.07 Å². The van der Waals surface area contributed by atoms with E-state index in [-0.39, 0.29) is 18.9 Å². The van der Waals surface area contributed by atoms with Gasteiger partial charge in [0.25, 0.3) is 5.91 Å². The summed E-state index contributed by atoms with van der Waals surface area (Å²) in [6.07, 6.45) is -2.77. The second-order valence-electron chi connectivity index (χ2n) is 6.18. The summed E-state index contributed by atoms with van der Waals surface area (Å²) in [5.74, 6) is 0.333. The molecule has 0 aliphatic carbocycles. The minimum absolute atomic E-state index is 0.0136. The molecule has 2 heterocycles. The maximum atomic E-state index is 12.7. The number of carbonyl (C=O) groups excluding carboxylic acids is 1. The minimum Gasteiger partial charge on any atom is -0.484 e. The fourth-order valence-electron chi connectivity index (χ4n) is 2.78. The second-order valence-corrected chi connectivity index (χ2v) is 6.18. The van der Waals surface area contributed by atoms with Crippen LogP contribution in [0.3, 0.4) is 0 Å². The van der Waals surface area contributed by atoms with E-state index >= 15 is 0 Å². The standard InChI is InChI=1S/C19H20F3N3O3/c20-19(21,22)15-4-1-5-16(11-15)28-13-17(26)24-12-14-3-2-6-23-18(14)25-7-9-27-10-8-25/h1-6,11H,7-10,12-13H2,(H,24,26). The molecule has 1 N–H and O–H groups in total. The third-order valence-electron chi connectivity index (χ3n) is 4.19. The van der Waals surface area contributed by atoms with Gasteiger partial charge in [0.2, 0.25) is 0 Å². The molecule has 3 rings (SSSR count). The first-order valence-corrected chi connectivity index (χ1v) is 8.77. The molecule has 1 aromatic heterocycles. The van der Waals surface area contributed by atoms with Crippen LogP contribution in [0.5, 0.6) is 5.75 Å². The average Bonchev–Trinajstić information content (AvgIpc) is 2.71. The summed E-state index contributed by atoms with van der Waals surface area (Å²) < 4.78 is 48.7. The Balaban J connectivity index is 1.54. The van der Waals surface area contributed by atoms with Gasteiger partial charge in [-0.1, -0.05) is 12.1 Å². The van der Waals surface area contributed by atoms with E-state index < -0.39 is 17.6 Å². The van der Waals surface area contributed by atoms with Crippen molar-refractivity contribution >= 4 is 11.7 Å². The molecule has 1 aromatic carbocycles. The van der Waals surface area contributed by atoms with E-state index in [0.717, 1.165) is 36.6 Å². The lowest BCUT2D eigenvalue weighted by atomic mass is 10.2. The summed E-state index contributed by atoms with van der Waals surface area (Å²) in [6.45, 7) is 2.54. The minimum atomic E-state index is -4.46. The van der Waals surface area contributed by atoms with Gasteiger partial charge in [-0.05, 0) is 24.3 Å². The van der Waals surface area contributed by atoms with Crippen molar-refractivity contribution < 1.29 is 27.4 Å². The van der Waals surface area contributed by atoms with Gasteiger partial charge in [-0.3, -0.25) is 4.79 Å². The molecule has 0 spiro atoms. The Morgan fingerprint density at radius 2 is 2.00 bits per heavy atom. The third kappa shape index (κ3) is 5.35. The zero-order valence-electron chi connectivity index (χ0n) is 15.0. The molecule has 1 amide bonds. The van der Waals surface area contributed by atoms with E-state index in [9.17, 15) is 18.0 Å². The number of alkyl halides is 3. The Bertz CT molecular complexity index is 808. The molecule has 0 bridgehead atoms. The zero-order chi connectivity index (χ0) is 20.0. The number of hydrogen-bond acceptors (Lipinski definition) is 5. The van der Waals surface area contributed by atoms with E-state index in [4.69, 9.17) is 9.47 Å². The highest BCUT2D eigenvalue weighted by molar-refractivity contribution is 5.77. The quantitative estimate of drug-likeness (QED) is 0.815. The van der Waals surface area contributed by atoms with Gasteiger partial charge in [-0.25, -0.2) is 4.98 Å². The van der Waals surface area contributed by atoms with E-state index in [0.29, 0.717) is 13.2 Å². The van der Waals surface area contributed by atoms with Crippen LogP contribution in [-0.2, 0) is 22.3 Å². The summed E-state index contributed by atoms with van der Waals surface area (Å²) >= 11 is 0. The number of halogens is 3. The largest absolute Gasteiger partial charge is 0.484 e. The monoisotopic (exact) mass is 395 g/mol. The first kappa shape index (κ1) is 19.9. The highest BCUT2D eigenvalue weighted by atomic mass is 19.4. The Morgan fingerprint density at radius 1 is 1.21 bits per heavy atom. The lowest BCUT2D eigenvalue weighted by Crippen LogP contribution is -2.38. The van der Waals surface area contributed by atoms with Crippen LogP contribution in [0.15, 0.2) is 42.6 Å². The molecule has 1 saturated heterocycles. The summed E-state index contributed by atoms with van der Waals surface area (Å²) in [7, 11) is 0. The molecule has 2 aromatic rings. The van der Waals surface area contributed by atoms with Crippen molar-refractivity contribution in [3.8, 4) is 5.75 Å². The molecule has 1 aliphatic heterocycles. The van der Waals surface area contributed by atoms with Crippen LogP contribution < -0.4 is 15.0 Å². The SMILES string of the molecule is O=C(COc1cccc(C(F)(F)F)c1)NCc1cccnc1N1CCOCC1. The Labute approximate surface area is 160 Å². The average molecular weight is 395 g/mol. The predicted molar refractivity (Wildman–Crippen MR) is 96.1 cm³/mol. The third-order valence-corrected chi connectivity index (χ3v) is 4.19. The fraction of sp³-hybridized carbons (Fsp3) is 0.368. The number of ether oxygens (including phenoxy) is 2. The van der Waals surface area contributed by atoms with Gasteiger partial charge in [0, 0.05) is 31.4 Å². The topological polar surface area (TPSA) is 63.7 Å². The van der Waals surface area contributed by atoms with Crippen molar-refractivity contribution in [1.82, 2.24) is 10.3 Å². The van der Waals surface area contributed by atoms with Gasteiger partial charge in [0.15, 0.2) is 6.61 Å². The maximum Gasteiger partial charge on any atom is 0.416 e. The van der Waals surface area contributed by atoms with Crippen molar-refractivity contribution in [2.45, 2.75) is 12.7 Å². The number of nitrogens with zero attached hydrogens (tertiary/aromatic N) is 2. The Kier molecular flexibility index (Phi) is 6.35. The van der Waals surface area contributed by atoms with Crippen LogP contribution in [0.2, 0.25) is 0 Å². The van der Waals surface area contributed by atoms with Crippen LogP contribution >= 0.6 is 0 Å². The number of carbonyl (C=O) groups is 1. The van der Waals surface area contributed by atoms with Crippen LogP contribution in [0.4, 0.5) is 19.0 Å². The van der Waals surface area contributed by atoms with E-state index in [1.165, 1.54) is 12.1 Å². The van der Waals surface area contributed by atoms with Crippen molar-refractivity contribution in [3.05, 3.63) is 53.7 Å². The Hall–Kier alpha value is -2.81. The van der Waals surface area contributed by atoms with E-state index in [2.05, 4.69) is 15.2 Å². The fourth-order valence-corrected chi connectivity index (χ4v) is 2.78. The highest BCUT2D eigenvalue weighted by Gasteiger charge is 2.30. The number of amides is 1. The predicted octanol–water partition coefficient (Wildman–Crippen LogP) is 2.63.